The van der Waals surface area contributed by atoms with Crippen LogP contribution in [0.3, 0.4) is 0 Å². The maximum Gasteiger partial charge on any atom is 0.251 e. The van der Waals surface area contributed by atoms with Crippen molar-refractivity contribution in [2.75, 3.05) is 11.1 Å². The molecule has 0 spiro atoms. The van der Waals surface area contributed by atoms with E-state index in [1.165, 1.54) is 11.8 Å². The van der Waals surface area contributed by atoms with Crippen LogP contribution in [-0.2, 0) is 11.8 Å². The molecule has 0 aliphatic carbocycles. The highest BCUT2D eigenvalue weighted by atomic mass is 35.5. The molecule has 0 radical (unpaired) electrons. The lowest BCUT2D eigenvalue weighted by Crippen LogP contribution is -2.28. The minimum absolute atomic E-state index is 0.154. The number of rotatable bonds is 7. The predicted octanol–water partition coefficient (Wildman–Crippen LogP) is 4.00. The lowest BCUT2D eigenvalue weighted by Gasteiger charge is -2.14. The molecule has 0 saturated carbocycles. The first-order valence-electron chi connectivity index (χ1n) is 9.29. The quantitative estimate of drug-likeness (QED) is 0.539. The van der Waals surface area contributed by atoms with Gasteiger partial charge in [0.15, 0.2) is 11.0 Å². The highest BCUT2D eigenvalue weighted by Crippen LogP contribution is 2.22. The van der Waals surface area contributed by atoms with Crippen LogP contribution >= 0.6 is 23.4 Å². The van der Waals surface area contributed by atoms with Gasteiger partial charge in [0.2, 0.25) is 5.91 Å². The first kappa shape index (κ1) is 21.9. The summed E-state index contributed by atoms with van der Waals surface area (Å²) in [7, 11) is 1.80. The lowest BCUT2D eigenvalue weighted by molar-refractivity contribution is -0.113. The zero-order valence-corrected chi connectivity index (χ0v) is 18.4. The second-order valence-corrected chi connectivity index (χ2v) is 8.13. The second kappa shape index (κ2) is 9.77. The highest BCUT2D eigenvalue weighted by Gasteiger charge is 2.19. The standard InChI is InChI=1S/C21H22ClN5O2S/c1-13-7-6-8-15(11-13)20(29)23-14(2)19-25-26-21(27(19)3)30-12-18(28)24-17-10-5-4-9-16(17)22/h4-11,14H,12H2,1-3H3,(H,23,29)(H,24,28). The Balaban J connectivity index is 1.59. The number of thioether (sulfide) groups is 1. The maximum absolute atomic E-state index is 12.5. The van der Waals surface area contributed by atoms with Crippen molar-refractivity contribution >= 4 is 40.9 Å². The van der Waals surface area contributed by atoms with Gasteiger partial charge in [0.1, 0.15) is 0 Å². The van der Waals surface area contributed by atoms with E-state index in [1.54, 1.807) is 41.9 Å². The fraction of sp³-hybridized carbons (Fsp3) is 0.238. The molecule has 2 amide bonds. The van der Waals surface area contributed by atoms with Crippen molar-refractivity contribution in [2.24, 2.45) is 7.05 Å². The minimum Gasteiger partial charge on any atom is -0.342 e. The second-order valence-electron chi connectivity index (χ2n) is 6.78. The summed E-state index contributed by atoms with van der Waals surface area (Å²) < 4.78 is 1.77. The Morgan fingerprint density at radius 1 is 1.17 bits per heavy atom. The van der Waals surface area contributed by atoms with E-state index in [0.717, 1.165) is 5.56 Å². The normalized spacial score (nSPS) is 11.7. The number of para-hydroxylation sites is 1. The number of carbonyl (C=O) groups is 2. The van der Waals surface area contributed by atoms with Crippen LogP contribution in [0.4, 0.5) is 5.69 Å². The van der Waals surface area contributed by atoms with Crippen molar-refractivity contribution in [2.45, 2.75) is 25.0 Å². The Kier molecular flexibility index (Phi) is 7.12. The molecule has 0 bridgehead atoms. The number of anilines is 1. The summed E-state index contributed by atoms with van der Waals surface area (Å²) in [6.07, 6.45) is 0. The third kappa shape index (κ3) is 5.40. The molecule has 9 heteroatoms. The maximum atomic E-state index is 12.5. The zero-order valence-electron chi connectivity index (χ0n) is 16.8. The number of aromatic nitrogens is 3. The summed E-state index contributed by atoms with van der Waals surface area (Å²) in [5.41, 5.74) is 2.17. The molecule has 1 atom stereocenters. The summed E-state index contributed by atoms with van der Waals surface area (Å²) in [5.74, 6) is 0.382. The number of hydrogen-bond acceptors (Lipinski definition) is 5. The van der Waals surface area contributed by atoms with Crippen LogP contribution in [0.15, 0.2) is 53.7 Å². The molecule has 2 N–H and O–H groups in total. The molecule has 30 heavy (non-hydrogen) atoms. The van der Waals surface area contributed by atoms with Crippen LogP contribution in [-0.4, -0.2) is 32.3 Å². The van der Waals surface area contributed by atoms with E-state index in [-0.39, 0.29) is 23.6 Å². The minimum atomic E-state index is -0.346. The van der Waals surface area contributed by atoms with Crippen molar-refractivity contribution in [3.05, 3.63) is 70.5 Å². The number of carbonyl (C=O) groups excluding carboxylic acids is 2. The van der Waals surface area contributed by atoms with Gasteiger partial charge in [0, 0.05) is 12.6 Å². The van der Waals surface area contributed by atoms with E-state index in [9.17, 15) is 9.59 Å². The van der Waals surface area contributed by atoms with Crippen molar-refractivity contribution in [1.29, 1.82) is 0 Å². The topological polar surface area (TPSA) is 88.9 Å². The lowest BCUT2D eigenvalue weighted by atomic mass is 10.1. The number of halogens is 1. The Hall–Kier alpha value is -2.84. The fourth-order valence-electron chi connectivity index (χ4n) is 2.84. The molecule has 1 unspecified atom stereocenters. The van der Waals surface area contributed by atoms with Crippen LogP contribution in [0.5, 0.6) is 0 Å². The molecule has 156 valence electrons. The molecule has 0 aliphatic heterocycles. The number of nitrogens with zero attached hydrogens (tertiary/aromatic N) is 3. The van der Waals surface area contributed by atoms with Crippen LogP contribution < -0.4 is 10.6 Å². The van der Waals surface area contributed by atoms with E-state index in [1.807, 2.05) is 32.0 Å². The summed E-state index contributed by atoms with van der Waals surface area (Å²) >= 11 is 7.32. The molecule has 7 nitrogen and oxygen atoms in total. The van der Waals surface area contributed by atoms with Crippen LogP contribution in [0.1, 0.15) is 34.7 Å². The SMILES string of the molecule is Cc1cccc(C(=O)NC(C)c2nnc(SCC(=O)Nc3ccccc3Cl)n2C)c1. The number of nitrogens with one attached hydrogen (secondary N) is 2. The van der Waals surface area contributed by atoms with Gasteiger partial charge in [-0.05, 0) is 38.1 Å². The molecular weight excluding hydrogens is 422 g/mol. The van der Waals surface area contributed by atoms with Crippen molar-refractivity contribution in [1.82, 2.24) is 20.1 Å². The molecule has 3 aromatic rings. The third-order valence-corrected chi connectivity index (χ3v) is 5.71. The number of benzene rings is 2. The van der Waals surface area contributed by atoms with E-state index in [0.29, 0.717) is 27.3 Å². The zero-order chi connectivity index (χ0) is 21.7. The van der Waals surface area contributed by atoms with Gasteiger partial charge < -0.3 is 15.2 Å². The van der Waals surface area contributed by atoms with Gasteiger partial charge in [-0.1, -0.05) is 53.2 Å². The van der Waals surface area contributed by atoms with Gasteiger partial charge >= 0.3 is 0 Å². The predicted molar refractivity (Wildman–Crippen MR) is 119 cm³/mol. The molecule has 1 heterocycles. The smallest absolute Gasteiger partial charge is 0.251 e. The number of aryl methyl sites for hydroxylation is 1. The average molecular weight is 444 g/mol. The molecule has 0 fully saturated rings. The summed E-state index contributed by atoms with van der Waals surface area (Å²) in [6.45, 7) is 3.78. The molecule has 3 rings (SSSR count). The van der Waals surface area contributed by atoms with E-state index < -0.39 is 0 Å². The van der Waals surface area contributed by atoms with Gasteiger partial charge in [-0.3, -0.25) is 9.59 Å². The highest BCUT2D eigenvalue weighted by molar-refractivity contribution is 7.99. The Labute approximate surface area is 184 Å². The summed E-state index contributed by atoms with van der Waals surface area (Å²) in [4.78, 5) is 24.7. The van der Waals surface area contributed by atoms with Gasteiger partial charge in [-0.2, -0.15) is 0 Å². The van der Waals surface area contributed by atoms with Gasteiger partial charge in [0.05, 0.1) is 22.5 Å². The van der Waals surface area contributed by atoms with Gasteiger partial charge in [-0.15, -0.1) is 10.2 Å². The first-order chi connectivity index (χ1) is 14.3. The van der Waals surface area contributed by atoms with E-state index in [4.69, 9.17) is 11.6 Å². The van der Waals surface area contributed by atoms with Crippen molar-refractivity contribution < 1.29 is 9.59 Å². The monoisotopic (exact) mass is 443 g/mol. The molecule has 0 saturated heterocycles. The van der Waals surface area contributed by atoms with Crippen molar-refractivity contribution in [3.63, 3.8) is 0 Å². The molecular formula is C21H22ClN5O2S. The number of hydrogen-bond donors (Lipinski definition) is 2. The van der Waals surface area contributed by atoms with Gasteiger partial charge in [-0.25, -0.2) is 0 Å². The molecule has 0 aliphatic rings. The Morgan fingerprint density at radius 2 is 1.93 bits per heavy atom. The van der Waals surface area contributed by atoms with Crippen LogP contribution in [0, 0.1) is 6.92 Å². The van der Waals surface area contributed by atoms with E-state index in [2.05, 4.69) is 20.8 Å². The number of amides is 2. The fourth-order valence-corrected chi connectivity index (χ4v) is 3.74. The molecule has 2 aromatic carbocycles. The first-order valence-corrected chi connectivity index (χ1v) is 10.7. The average Bonchev–Trinajstić information content (AvgIpc) is 3.08. The molecule has 1 aromatic heterocycles. The van der Waals surface area contributed by atoms with Crippen LogP contribution in [0.25, 0.3) is 0 Å². The summed E-state index contributed by atoms with van der Waals surface area (Å²) in [5, 5.41) is 15.1. The third-order valence-electron chi connectivity index (χ3n) is 4.36. The Bertz CT molecular complexity index is 1070. The largest absolute Gasteiger partial charge is 0.342 e. The Morgan fingerprint density at radius 3 is 2.67 bits per heavy atom. The van der Waals surface area contributed by atoms with E-state index >= 15 is 0 Å². The van der Waals surface area contributed by atoms with Crippen molar-refractivity contribution in [3.8, 4) is 0 Å². The van der Waals surface area contributed by atoms with Gasteiger partial charge in [0.25, 0.3) is 5.91 Å². The summed E-state index contributed by atoms with van der Waals surface area (Å²) in [6, 6.07) is 14.1. The van der Waals surface area contributed by atoms with Crippen LogP contribution in [0.2, 0.25) is 5.02 Å².